The van der Waals surface area contributed by atoms with E-state index in [1.807, 2.05) is 12.2 Å². The molecule has 1 aliphatic carbocycles. The number of nitro groups is 1. The minimum absolute atomic E-state index is 0.0499. The van der Waals surface area contributed by atoms with Crippen LogP contribution in [-0.4, -0.2) is 38.1 Å². The number of nitrogens with zero attached hydrogens (tertiary/aromatic N) is 1. The zero-order valence-electron chi connectivity index (χ0n) is 13.8. The van der Waals surface area contributed by atoms with Gasteiger partial charge in [-0.1, -0.05) is 12.2 Å². The molecule has 2 unspecified atom stereocenters. The Morgan fingerprint density at radius 3 is 2.38 bits per heavy atom. The summed E-state index contributed by atoms with van der Waals surface area (Å²) in [6, 6.07) is 6.25. The maximum atomic E-state index is 10.7. The van der Waals surface area contributed by atoms with E-state index in [2.05, 4.69) is 0 Å². The lowest BCUT2D eigenvalue weighted by molar-refractivity contribution is -0.384. The van der Waals surface area contributed by atoms with Gasteiger partial charge in [-0.2, -0.15) is 0 Å². The quantitative estimate of drug-likeness (QED) is 0.488. The van der Waals surface area contributed by atoms with Gasteiger partial charge in [0.15, 0.2) is 11.8 Å². The van der Waals surface area contributed by atoms with Crippen molar-refractivity contribution >= 4 is 11.8 Å². The molecule has 0 saturated heterocycles. The first-order valence-corrected chi connectivity index (χ1v) is 7.21. The molecular weight excluding hydrogens is 312 g/mol. The highest BCUT2D eigenvalue weighted by Gasteiger charge is 2.39. The van der Waals surface area contributed by atoms with E-state index >= 15 is 0 Å². The first kappa shape index (κ1) is 17.9. The highest BCUT2D eigenvalue weighted by atomic mass is 16.6. The zero-order chi connectivity index (χ0) is 17.7. The van der Waals surface area contributed by atoms with Gasteiger partial charge in [0, 0.05) is 26.4 Å². The second-order valence-electron chi connectivity index (χ2n) is 5.25. The predicted octanol–water partition coefficient (Wildman–Crippen LogP) is 2.39. The maximum Gasteiger partial charge on any atom is 0.269 e. The smallest absolute Gasteiger partial charge is 0.269 e. The number of ether oxygens (including phenoxy) is 3. The van der Waals surface area contributed by atoms with Crippen LogP contribution >= 0.6 is 0 Å². The molecule has 0 fully saturated rings. The van der Waals surface area contributed by atoms with E-state index in [9.17, 15) is 10.1 Å². The molecule has 1 aromatic rings. The van der Waals surface area contributed by atoms with Crippen LogP contribution in [0.2, 0.25) is 0 Å². The molecule has 2 atom stereocenters. The fourth-order valence-electron chi connectivity index (χ4n) is 2.47. The van der Waals surface area contributed by atoms with Gasteiger partial charge in [-0.15, -0.1) is 0 Å². The van der Waals surface area contributed by atoms with Crippen LogP contribution in [0.1, 0.15) is 5.56 Å². The van der Waals surface area contributed by atoms with Gasteiger partial charge in [-0.3, -0.25) is 15.8 Å². The number of methoxy groups -OCH3 is 3. The first-order chi connectivity index (χ1) is 11.4. The SMILES string of the molecule is COC1=CC(C=Cc2ccc([N+](=O)[O-])cc2)=CC(N)(OC)C1OC. The number of benzene rings is 1. The Balaban J connectivity index is 2.27. The number of non-ortho nitro benzene ring substituents is 1. The molecule has 0 saturated carbocycles. The minimum Gasteiger partial charge on any atom is -0.498 e. The number of allylic oxidation sites excluding steroid dienone is 3. The van der Waals surface area contributed by atoms with Crippen molar-refractivity contribution < 1.29 is 19.1 Å². The third kappa shape index (κ3) is 3.70. The third-order valence-corrected chi connectivity index (χ3v) is 3.77. The van der Waals surface area contributed by atoms with Gasteiger partial charge in [0.05, 0.1) is 12.0 Å². The van der Waals surface area contributed by atoms with Crippen LogP contribution in [0, 0.1) is 10.1 Å². The summed E-state index contributed by atoms with van der Waals surface area (Å²) < 4.78 is 16.1. The molecule has 7 heteroatoms. The lowest BCUT2D eigenvalue weighted by Crippen LogP contribution is -2.54. The Morgan fingerprint density at radius 2 is 1.88 bits per heavy atom. The molecule has 0 aliphatic heterocycles. The van der Waals surface area contributed by atoms with Crippen molar-refractivity contribution in [2.45, 2.75) is 11.8 Å². The molecule has 0 spiro atoms. The number of nitro benzene ring substituents is 1. The number of hydrogen-bond acceptors (Lipinski definition) is 6. The Hall–Kier alpha value is -2.48. The van der Waals surface area contributed by atoms with Crippen LogP contribution in [0.5, 0.6) is 0 Å². The second-order valence-corrected chi connectivity index (χ2v) is 5.25. The van der Waals surface area contributed by atoms with Crippen molar-refractivity contribution in [2.24, 2.45) is 5.73 Å². The number of rotatable bonds is 6. The molecule has 0 aromatic heterocycles. The summed E-state index contributed by atoms with van der Waals surface area (Å²) >= 11 is 0. The average molecular weight is 332 g/mol. The van der Waals surface area contributed by atoms with E-state index in [1.54, 1.807) is 24.3 Å². The summed E-state index contributed by atoms with van der Waals surface area (Å²) in [6.07, 6.45) is 6.64. The topological polar surface area (TPSA) is 96.9 Å². The molecule has 1 aliphatic rings. The molecule has 0 amide bonds. The number of hydrogen-bond donors (Lipinski definition) is 1. The Labute approximate surface area is 140 Å². The molecule has 2 N–H and O–H groups in total. The van der Waals surface area contributed by atoms with Gasteiger partial charge in [0.2, 0.25) is 0 Å². The molecular formula is C17H20N2O5. The van der Waals surface area contributed by atoms with Crippen LogP contribution in [0.25, 0.3) is 6.08 Å². The standard InChI is InChI=1S/C17H20N2O5/c1-22-15-10-13(11-17(18,24-3)16(15)23-2)5-4-12-6-8-14(9-7-12)19(20)21/h4-11,16H,18H2,1-3H3. The van der Waals surface area contributed by atoms with Gasteiger partial charge < -0.3 is 14.2 Å². The summed E-state index contributed by atoms with van der Waals surface area (Å²) in [6.45, 7) is 0. The van der Waals surface area contributed by atoms with E-state index in [1.165, 1.54) is 33.5 Å². The van der Waals surface area contributed by atoms with Crippen molar-refractivity contribution in [2.75, 3.05) is 21.3 Å². The Morgan fingerprint density at radius 1 is 1.21 bits per heavy atom. The van der Waals surface area contributed by atoms with E-state index in [0.29, 0.717) is 5.76 Å². The number of nitrogens with two attached hydrogens (primary N) is 1. The molecule has 128 valence electrons. The summed E-state index contributed by atoms with van der Waals surface area (Å²) in [7, 11) is 4.57. The fourth-order valence-corrected chi connectivity index (χ4v) is 2.47. The summed E-state index contributed by atoms with van der Waals surface area (Å²) in [5.41, 5.74) is 6.74. The maximum absolute atomic E-state index is 10.7. The van der Waals surface area contributed by atoms with E-state index in [-0.39, 0.29) is 5.69 Å². The molecule has 0 radical (unpaired) electrons. The van der Waals surface area contributed by atoms with E-state index < -0.39 is 16.8 Å². The van der Waals surface area contributed by atoms with Crippen LogP contribution in [-0.2, 0) is 14.2 Å². The van der Waals surface area contributed by atoms with E-state index in [0.717, 1.165) is 11.1 Å². The minimum atomic E-state index is -1.15. The predicted molar refractivity (Wildman–Crippen MR) is 90.0 cm³/mol. The van der Waals surface area contributed by atoms with Crippen LogP contribution < -0.4 is 5.73 Å². The van der Waals surface area contributed by atoms with E-state index in [4.69, 9.17) is 19.9 Å². The Kier molecular flexibility index (Phi) is 5.50. The summed E-state index contributed by atoms with van der Waals surface area (Å²) in [4.78, 5) is 10.2. The van der Waals surface area contributed by atoms with Gasteiger partial charge in [0.1, 0.15) is 5.76 Å². The monoisotopic (exact) mass is 332 g/mol. The lowest BCUT2D eigenvalue weighted by atomic mass is 9.94. The highest BCUT2D eigenvalue weighted by Crippen LogP contribution is 2.29. The van der Waals surface area contributed by atoms with Crippen LogP contribution in [0.4, 0.5) is 5.69 Å². The van der Waals surface area contributed by atoms with Crippen molar-refractivity contribution in [1.82, 2.24) is 0 Å². The zero-order valence-corrected chi connectivity index (χ0v) is 13.8. The van der Waals surface area contributed by atoms with Crippen LogP contribution in [0.3, 0.4) is 0 Å². The summed E-state index contributed by atoms with van der Waals surface area (Å²) in [5.74, 6) is 0.549. The van der Waals surface area contributed by atoms with Gasteiger partial charge in [0.25, 0.3) is 5.69 Å². The third-order valence-electron chi connectivity index (χ3n) is 3.77. The first-order valence-electron chi connectivity index (χ1n) is 7.21. The fraction of sp³-hybridized carbons (Fsp3) is 0.294. The normalized spacial score (nSPS) is 23.8. The van der Waals surface area contributed by atoms with Crippen LogP contribution in [0.15, 0.2) is 53.8 Å². The average Bonchev–Trinajstić information content (AvgIpc) is 2.59. The molecule has 7 nitrogen and oxygen atoms in total. The van der Waals surface area contributed by atoms with Crippen molar-refractivity contribution in [3.63, 3.8) is 0 Å². The summed E-state index contributed by atoms with van der Waals surface area (Å²) in [5, 5.41) is 10.7. The van der Waals surface area contributed by atoms with Crippen molar-refractivity contribution in [3.8, 4) is 0 Å². The van der Waals surface area contributed by atoms with Crippen molar-refractivity contribution in [3.05, 3.63) is 69.5 Å². The Bertz CT molecular complexity index is 693. The van der Waals surface area contributed by atoms with Gasteiger partial charge in [-0.25, -0.2) is 0 Å². The van der Waals surface area contributed by atoms with Crippen molar-refractivity contribution in [1.29, 1.82) is 0 Å². The molecule has 2 rings (SSSR count). The largest absolute Gasteiger partial charge is 0.498 e. The van der Waals surface area contributed by atoms with Gasteiger partial charge >= 0.3 is 0 Å². The molecule has 1 aromatic carbocycles. The lowest BCUT2D eigenvalue weighted by Gasteiger charge is -2.36. The molecule has 0 heterocycles. The molecule has 24 heavy (non-hydrogen) atoms. The van der Waals surface area contributed by atoms with Gasteiger partial charge in [-0.05, 0) is 35.4 Å². The second kappa shape index (κ2) is 7.39. The highest BCUT2D eigenvalue weighted by molar-refractivity contribution is 5.57. The molecule has 0 bridgehead atoms.